The monoisotopic (exact) mass is 439 g/mol. The highest BCUT2D eigenvalue weighted by Gasteiger charge is 2.33. The average molecular weight is 440 g/mol. The van der Waals surface area contributed by atoms with Gasteiger partial charge in [-0.05, 0) is 55.2 Å². The number of Topliss-reactive ketones (excluding diaryl/α,β-unsaturated/α-hetero) is 1. The lowest BCUT2D eigenvalue weighted by molar-refractivity contribution is -0.123. The SMILES string of the molecule is CC(CO)C(=O)CCc1cccc(-c2cc(C(C)(C)S(C)(=O)=O)cc3cccnc23)c1. The second-order valence-corrected chi connectivity index (χ2v) is 11.2. The number of carbonyl (C=O) groups is 1. The number of hydrogen-bond donors (Lipinski definition) is 1. The fourth-order valence-corrected chi connectivity index (χ4v) is 4.03. The molecule has 0 bridgehead atoms. The van der Waals surface area contributed by atoms with Crippen LogP contribution in [0.25, 0.3) is 22.0 Å². The Morgan fingerprint density at radius 1 is 1.13 bits per heavy atom. The first kappa shape index (κ1) is 23.1. The zero-order valence-electron chi connectivity index (χ0n) is 18.4. The Hall–Kier alpha value is -2.57. The Kier molecular flexibility index (Phi) is 6.62. The predicted molar refractivity (Wildman–Crippen MR) is 125 cm³/mol. The molecule has 0 saturated carbocycles. The van der Waals surface area contributed by atoms with Crippen LogP contribution in [-0.4, -0.2) is 37.2 Å². The van der Waals surface area contributed by atoms with E-state index in [1.807, 2.05) is 48.5 Å². The number of aromatic nitrogens is 1. The second-order valence-electron chi connectivity index (χ2n) is 8.63. The van der Waals surface area contributed by atoms with Crippen LogP contribution in [0.3, 0.4) is 0 Å². The van der Waals surface area contributed by atoms with Crippen LogP contribution >= 0.6 is 0 Å². The predicted octanol–water partition coefficient (Wildman–Crippen LogP) is 4.31. The molecule has 3 aromatic rings. The number of nitrogens with zero attached hydrogens (tertiary/aromatic N) is 1. The minimum atomic E-state index is -3.34. The molecule has 164 valence electrons. The molecule has 0 spiro atoms. The molecule has 6 heteroatoms. The molecule has 0 radical (unpaired) electrons. The number of aliphatic hydroxyl groups is 1. The number of sulfone groups is 1. The summed E-state index contributed by atoms with van der Waals surface area (Å²) in [6.07, 6.45) is 3.93. The summed E-state index contributed by atoms with van der Waals surface area (Å²) in [6, 6.07) is 15.5. The number of carbonyl (C=O) groups excluding carboxylic acids is 1. The Morgan fingerprint density at radius 3 is 2.55 bits per heavy atom. The third-order valence-corrected chi connectivity index (χ3v) is 8.14. The maximum absolute atomic E-state index is 12.5. The zero-order valence-corrected chi connectivity index (χ0v) is 19.2. The highest BCUT2D eigenvalue weighted by Crippen LogP contribution is 2.36. The van der Waals surface area contributed by atoms with Gasteiger partial charge in [0, 0.05) is 35.7 Å². The topological polar surface area (TPSA) is 84.3 Å². The summed E-state index contributed by atoms with van der Waals surface area (Å²) in [5.41, 5.74) is 4.31. The molecule has 31 heavy (non-hydrogen) atoms. The smallest absolute Gasteiger partial charge is 0.156 e. The normalized spacial score (nSPS) is 13.3. The summed E-state index contributed by atoms with van der Waals surface area (Å²) in [4.78, 5) is 16.6. The molecule has 2 aromatic carbocycles. The van der Waals surface area contributed by atoms with Crippen LogP contribution in [0.5, 0.6) is 0 Å². The number of rotatable bonds is 8. The fraction of sp³-hybridized carbons (Fsp3) is 0.360. The Balaban J connectivity index is 2.07. The number of pyridine rings is 1. The molecule has 0 amide bonds. The average Bonchev–Trinajstić information content (AvgIpc) is 2.75. The molecule has 0 aliphatic rings. The lowest BCUT2D eigenvalue weighted by atomic mass is 9.92. The van der Waals surface area contributed by atoms with Crippen LogP contribution in [0.1, 0.15) is 38.3 Å². The van der Waals surface area contributed by atoms with Crippen molar-refractivity contribution in [3.05, 3.63) is 65.9 Å². The van der Waals surface area contributed by atoms with Gasteiger partial charge in [-0.1, -0.05) is 37.3 Å². The van der Waals surface area contributed by atoms with E-state index in [2.05, 4.69) is 4.98 Å². The van der Waals surface area contributed by atoms with Crippen LogP contribution in [0.15, 0.2) is 54.7 Å². The molecular formula is C25H29NO4S. The van der Waals surface area contributed by atoms with E-state index in [1.165, 1.54) is 6.26 Å². The summed E-state index contributed by atoms with van der Waals surface area (Å²) >= 11 is 0. The first-order valence-corrected chi connectivity index (χ1v) is 12.3. The lowest BCUT2D eigenvalue weighted by Crippen LogP contribution is -2.28. The molecule has 3 rings (SSSR count). The maximum Gasteiger partial charge on any atom is 0.156 e. The molecule has 1 heterocycles. The maximum atomic E-state index is 12.5. The van der Waals surface area contributed by atoms with Gasteiger partial charge in [-0.3, -0.25) is 9.78 Å². The van der Waals surface area contributed by atoms with Crippen molar-refractivity contribution in [2.75, 3.05) is 12.9 Å². The molecule has 0 saturated heterocycles. The Labute approximate surface area is 184 Å². The van der Waals surface area contributed by atoms with Crippen molar-refractivity contribution in [3.63, 3.8) is 0 Å². The summed E-state index contributed by atoms with van der Waals surface area (Å²) in [6.45, 7) is 5.02. The summed E-state index contributed by atoms with van der Waals surface area (Å²) in [7, 11) is -3.34. The van der Waals surface area contributed by atoms with Crippen molar-refractivity contribution < 1.29 is 18.3 Å². The zero-order chi connectivity index (χ0) is 22.8. The largest absolute Gasteiger partial charge is 0.396 e. The highest BCUT2D eigenvalue weighted by atomic mass is 32.2. The van der Waals surface area contributed by atoms with Gasteiger partial charge in [0.15, 0.2) is 9.84 Å². The molecule has 0 aliphatic carbocycles. The van der Waals surface area contributed by atoms with Crippen molar-refractivity contribution in [3.8, 4) is 11.1 Å². The Morgan fingerprint density at radius 2 is 1.87 bits per heavy atom. The van der Waals surface area contributed by atoms with Crippen LogP contribution in [0, 0.1) is 5.92 Å². The summed E-state index contributed by atoms with van der Waals surface area (Å²) < 4.78 is 23.9. The van der Waals surface area contributed by atoms with Gasteiger partial charge in [0.25, 0.3) is 0 Å². The molecule has 1 atom stereocenters. The van der Waals surface area contributed by atoms with Gasteiger partial charge in [-0.25, -0.2) is 8.42 Å². The van der Waals surface area contributed by atoms with E-state index in [9.17, 15) is 18.3 Å². The standard InChI is InChI=1S/C25H29NO4S/c1-17(16-27)23(28)11-10-18-7-5-8-19(13-18)22-15-21(25(2,3)31(4,29)30)14-20-9-6-12-26-24(20)22/h5-9,12-15,17,27H,10-11,16H2,1-4H3. The molecule has 1 unspecified atom stereocenters. The van der Waals surface area contributed by atoms with Gasteiger partial charge < -0.3 is 5.11 Å². The third-order valence-electron chi connectivity index (χ3n) is 6.05. The van der Waals surface area contributed by atoms with Crippen molar-refractivity contribution in [2.45, 2.75) is 38.4 Å². The molecule has 1 aromatic heterocycles. The van der Waals surface area contributed by atoms with Crippen molar-refractivity contribution in [2.24, 2.45) is 5.92 Å². The van der Waals surface area contributed by atoms with Crippen molar-refractivity contribution in [1.29, 1.82) is 0 Å². The number of ketones is 1. The van der Waals surface area contributed by atoms with Crippen LogP contribution in [-0.2, 0) is 25.8 Å². The molecule has 1 N–H and O–H groups in total. The van der Waals surface area contributed by atoms with Crippen molar-refractivity contribution >= 4 is 26.5 Å². The van der Waals surface area contributed by atoms with E-state index >= 15 is 0 Å². The second kappa shape index (κ2) is 8.89. The minimum Gasteiger partial charge on any atom is -0.396 e. The number of fused-ring (bicyclic) bond motifs is 1. The number of benzene rings is 2. The summed E-state index contributed by atoms with van der Waals surface area (Å²) in [5, 5.41) is 10.1. The van der Waals surface area contributed by atoms with Crippen LogP contribution in [0.4, 0.5) is 0 Å². The van der Waals surface area contributed by atoms with E-state index in [1.54, 1.807) is 27.0 Å². The highest BCUT2D eigenvalue weighted by molar-refractivity contribution is 7.91. The van der Waals surface area contributed by atoms with Crippen LogP contribution in [0.2, 0.25) is 0 Å². The quantitative estimate of drug-likeness (QED) is 0.565. The van der Waals surface area contributed by atoms with E-state index in [0.717, 1.165) is 27.6 Å². The van der Waals surface area contributed by atoms with E-state index < -0.39 is 14.6 Å². The van der Waals surface area contributed by atoms with Gasteiger partial charge >= 0.3 is 0 Å². The number of hydrogen-bond acceptors (Lipinski definition) is 5. The first-order valence-electron chi connectivity index (χ1n) is 10.4. The molecule has 5 nitrogen and oxygen atoms in total. The molecule has 0 aliphatic heterocycles. The van der Waals surface area contributed by atoms with Crippen LogP contribution < -0.4 is 0 Å². The van der Waals surface area contributed by atoms with E-state index in [4.69, 9.17) is 0 Å². The minimum absolute atomic E-state index is 0.0388. The van der Waals surface area contributed by atoms with E-state index in [0.29, 0.717) is 18.4 Å². The fourth-order valence-electron chi connectivity index (χ4n) is 3.48. The van der Waals surface area contributed by atoms with Gasteiger partial charge in [-0.2, -0.15) is 0 Å². The summed E-state index contributed by atoms with van der Waals surface area (Å²) in [5.74, 6) is -0.317. The number of aryl methyl sites for hydroxylation is 1. The molecule has 0 fully saturated rings. The lowest BCUT2D eigenvalue weighted by Gasteiger charge is -2.24. The first-order chi connectivity index (χ1) is 14.5. The third kappa shape index (κ3) is 4.86. The number of aliphatic hydroxyl groups excluding tert-OH is 1. The van der Waals surface area contributed by atoms with Gasteiger partial charge in [0.2, 0.25) is 0 Å². The van der Waals surface area contributed by atoms with Gasteiger partial charge in [-0.15, -0.1) is 0 Å². The van der Waals surface area contributed by atoms with Gasteiger partial charge in [0.05, 0.1) is 16.9 Å². The molecular weight excluding hydrogens is 410 g/mol. The van der Waals surface area contributed by atoms with Gasteiger partial charge in [0.1, 0.15) is 5.78 Å². The van der Waals surface area contributed by atoms with Crippen molar-refractivity contribution in [1.82, 2.24) is 4.98 Å². The Bertz CT molecular complexity index is 1220. The van der Waals surface area contributed by atoms with E-state index in [-0.39, 0.29) is 18.3 Å².